The third-order valence-corrected chi connectivity index (χ3v) is 8.72. The number of hydroxylamine groups is 2. The van der Waals surface area contributed by atoms with Gasteiger partial charge in [-0.15, -0.1) is 0 Å². The minimum absolute atomic E-state index is 0.0576. The largest absolute Gasteiger partial charge is 0.393 e. The monoisotopic (exact) mass is 447 g/mol. The Balaban J connectivity index is 1.57. The first-order valence-electron chi connectivity index (χ1n) is 12.8. The molecule has 3 aliphatic rings. The van der Waals surface area contributed by atoms with Crippen molar-refractivity contribution >= 4 is 5.91 Å². The fourth-order valence-corrected chi connectivity index (χ4v) is 6.95. The van der Waals surface area contributed by atoms with Crippen LogP contribution in [0.1, 0.15) is 90.9 Å². The molecule has 0 aromatic heterocycles. The number of amides is 1. The van der Waals surface area contributed by atoms with E-state index < -0.39 is 12.2 Å². The van der Waals surface area contributed by atoms with E-state index in [0.29, 0.717) is 42.9 Å². The molecule has 6 atom stereocenters. The van der Waals surface area contributed by atoms with E-state index in [9.17, 15) is 15.0 Å². The van der Waals surface area contributed by atoms with Crippen molar-refractivity contribution in [2.75, 3.05) is 14.2 Å². The number of aliphatic hydroxyl groups excluding tert-OH is 2. The van der Waals surface area contributed by atoms with Gasteiger partial charge in [0.1, 0.15) is 0 Å². The lowest BCUT2D eigenvalue weighted by atomic mass is 9.60. The first kappa shape index (κ1) is 25.5. The van der Waals surface area contributed by atoms with E-state index >= 15 is 0 Å². The molecule has 2 N–H and O–H groups in total. The Labute approximate surface area is 194 Å². The number of allylic oxidation sites excluding steroid dienone is 3. The lowest BCUT2D eigenvalue weighted by molar-refractivity contribution is -0.168. The molecule has 0 spiro atoms. The van der Waals surface area contributed by atoms with Gasteiger partial charge in [-0.2, -0.15) is 0 Å². The maximum atomic E-state index is 11.9. The zero-order valence-corrected chi connectivity index (χ0v) is 20.7. The van der Waals surface area contributed by atoms with Gasteiger partial charge in [-0.05, 0) is 81.0 Å². The maximum absolute atomic E-state index is 11.9. The fraction of sp³-hybridized carbons (Fsp3) is 0.815. The number of fused-ring (bicyclic) bond motifs is 1. The molecule has 5 nitrogen and oxygen atoms in total. The lowest BCUT2D eigenvalue weighted by Gasteiger charge is -2.44. The van der Waals surface area contributed by atoms with Crippen LogP contribution in [0.4, 0.5) is 0 Å². The quantitative estimate of drug-likeness (QED) is 0.397. The van der Waals surface area contributed by atoms with Gasteiger partial charge in [0.25, 0.3) is 0 Å². The van der Waals surface area contributed by atoms with Crippen molar-refractivity contribution in [1.82, 2.24) is 5.06 Å². The normalized spacial score (nSPS) is 34.9. The second-order valence-corrected chi connectivity index (χ2v) is 10.9. The molecule has 5 heteroatoms. The highest BCUT2D eigenvalue weighted by atomic mass is 16.7. The van der Waals surface area contributed by atoms with E-state index in [0.717, 1.165) is 18.8 Å². The Hall–Kier alpha value is -1.17. The molecule has 3 saturated carbocycles. The number of carbonyl (C=O) groups excluding carboxylic acids is 1. The van der Waals surface area contributed by atoms with Gasteiger partial charge >= 0.3 is 0 Å². The zero-order valence-electron chi connectivity index (χ0n) is 20.7. The van der Waals surface area contributed by atoms with Crippen LogP contribution >= 0.6 is 0 Å². The van der Waals surface area contributed by atoms with Gasteiger partial charge in [0.15, 0.2) is 0 Å². The van der Waals surface area contributed by atoms with E-state index in [1.165, 1.54) is 56.3 Å². The minimum atomic E-state index is -0.401. The van der Waals surface area contributed by atoms with Crippen molar-refractivity contribution in [3.63, 3.8) is 0 Å². The number of rotatable bonds is 8. The third kappa shape index (κ3) is 6.03. The summed E-state index contributed by atoms with van der Waals surface area (Å²) < 4.78 is 0. The van der Waals surface area contributed by atoms with Crippen LogP contribution in [0.15, 0.2) is 23.3 Å². The molecular weight excluding hydrogens is 402 g/mol. The Bertz CT molecular complexity index is 690. The van der Waals surface area contributed by atoms with E-state index in [4.69, 9.17) is 4.84 Å². The molecule has 1 amide bonds. The number of unbranched alkanes of at least 4 members (excludes halogenated alkanes) is 1. The van der Waals surface area contributed by atoms with Crippen LogP contribution in [0.25, 0.3) is 0 Å². The molecule has 0 aliphatic heterocycles. The van der Waals surface area contributed by atoms with Crippen LogP contribution in [0.2, 0.25) is 0 Å². The maximum Gasteiger partial charge on any atom is 0.245 e. The highest BCUT2D eigenvalue weighted by Crippen LogP contribution is 2.59. The van der Waals surface area contributed by atoms with E-state index in [2.05, 4.69) is 26.0 Å². The Morgan fingerprint density at radius 1 is 1.22 bits per heavy atom. The summed E-state index contributed by atoms with van der Waals surface area (Å²) in [5, 5.41) is 21.3. The van der Waals surface area contributed by atoms with Gasteiger partial charge in [-0.1, -0.05) is 50.0 Å². The smallest absolute Gasteiger partial charge is 0.245 e. The van der Waals surface area contributed by atoms with Crippen molar-refractivity contribution in [3.05, 3.63) is 23.3 Å². The van der Waals surface area contributed by atoms with Gasteiger partial charge < -0.3 is 10.2 Å². The van der Waals surface area contributed by atoms with Crippen LogP contribution in [-0.4, -0.2) is 47.5 Å². The topological polar surface area (TPSA) is 70.0 Å². The molecule has 0 heterocycles. The lowest BCUT2D eigenvalue weighted by Crippen LogP contribution is -2.36. The first-order valence-corrected chi connectivity index (χ1v) is 12.8. The number of hydrogen-bond donors (Lipinski definition) is 2. The van der Waals surface area contributed by atoms with Gasteiger partial charge in [-0.3, -0.25) is 9.63 Å². The van der Waals surface area contributed by atoms with E-state index in [-0.39, 0.29) is 5.91 Å². The van der Waals surface area contributed by atoms with Crippen LogP contribution < -0.4 is 0 Å². The predicted octanol–water partition coefficient (Wildman–Crippen LogP) is 5.18. The van der Waals surface area contributed by atoms with Crippen molar-refractivity contribution in [1.29, 1.82) is 0 Å². The molecule has 3 aliphatic carbocycles. The van der Waals surface area contributed by atoms with Crippen LogP contribution in [0, 0.1) is 23.2 Å². The summed E-state index contributed by atoms with van der Waals surface area (Å²) in [6.45, 7) is 4.95. The Kier molecular flexibility index (Phi) is 8.99. The molecule has 0 aromatic carbocycles. The molecule has 32 heavy (non-hydrogen) atoms. The summed E-state index contributed by atoms with van der Waals surface area (Å²) in [5.41, 5.74) is 3.15. The fourth-order valence-electron chi connectivity index (χ4n) is 6.95. The summed E-state index contributed by atoms with van der Waals surface area (Å²) >= 11 is 0. The Morgan fingerprint density at radius 3 is 2.62 bits per heavy atom. The minimum Gasteiger partial charge on any atom is -0.393 e. The van der Waals surface area contributed by atoms with Crippen LogP contribution in [0.3, 0.4) is 0 Å². The molecule has 0 saturated heterocycles. The summed E-state index contributed by atoms with van der Waals surface area (Å²) in [6, 6.07) is 0. The zero-order chi connectivity index (χ0) is 23.3. The number of hydrogen-bond acceptors (Lipinski definition) is 4. The average Bonchev–Trinajstić information content (AvgIpc) is 3.11. The third-order valence-electron chi connectivity index (χ3n) is 8.72. The summed E-state index contributed by atoms with van der Waals surface area (Å²) in [5.74, 6) is 2.15. The first-order chi connectivity index (χ1) is 15.2. The molecule has 0 unspecified atom stereocenters. The highest BCUT2D eigenvalue weighted by molar-refractivity contribution is 5.74. The second-order valence-electron chi connectivity index (χ2n) is 10.9. The molecule has 0 aromatic rings. The van der Waals surface area contributed by atoms with Gasteiger partial charge in [0.2, 0.25) is 5.91 Å². The summed E-state index contributed by atoms with van der Waals surface area (Å²) in [6.07, 6.45) is 15.8. The molecule has 3 fully saturated rings. The summed E-state index contributed by atoms with van der Waals surface area (Å²) in [4.78, 5) is 16.9. The number of carbonyl (C=O) groups is 1. The van der Waals surface area contributed by atoms with E-state index in [1.54, 1.807) is 12.6 Å². The van der Waals surface area contributed by atoms with Crippen molar-refractivity contribution in [3.8, 4) is 0 Å². The number of nitrogens with zero attached hydrogens (tertiary/aromatic N) is 1. The number of aliphatic hydroxyl groups is 2. The predicted molar refractivity (Wildman–Crippen MR) is 128 cm³/mol. The Morgan fingerprint density at radius 2 is 1.94 bits per heavy atom. The second kappa shape index (κ2) is 11.3. The van der Waals surface area contributed by atoms with Crippen LogP contribution in [-0.2, 0) is 9.63 Å². The molecule has 3 rings (SSSR count). The molecule has 182 valence electrons. The average molecular weight is 448 g/mol. The summed E-state index contributed by atoms with van der Waals surface area (Å²) in [7, 11) is 3.20. The molecule has 0 radical (unpaired) electrons. The van der Waals surface area contributed by atoms with E-state index in [1.807, 2.05) is 0 Å². The van der Waals surface area contributed by atoms with Crippen LogP contribution in [0.5, 0.6) is 0 Å². The van der Waals surface area contributed by atoms with Gasteiger partial charge in [0, 0.05) is 13.5 Å². The highest BCUT2D eigenvalue weighted by Gasteiger charge is 2.50. The van der Waals surface area contributed by atoms with Gasteiger partial charge in [-0.25, -0.2) is 5.06 Å². The molecule has 0 bridgehead atoms. The SMILES string of the molecule is CON(C)C(=O)CCCC[C@@H](C)[C@H]1CC[C@H]2/C(=C\C=C3C[C@@H](O)C[C@H](O)C3)CCC[C@]12C. The van der Waals surface area contributed by atoms with Gasteiger partial charge in [0.05, 0.1) is 19.3 Å². The van der Waals surface area contributed by atoms with Crippen molar-refractivity contribution in [2.24, 2.45) is 23.2 Å². The molecular formula is C27H45NO4. The van der Waals surface area contributed by atoms with Crippen molar-refractivity contribution < 1.29 is 19.8 Å². The standard InChI is InChI=1S/C27H45NO4/c1-19(8-5-6-10-26(31)28(3)32-4)24-13-14-25-21(9-7-15-27(24,25)2)12-11-20-16-22(29)18-23(30)17-20/h11-12,19,22-25,29-30H,5-10,13-18H2,1-4H3/b21-12-/t19-,22-,23-,24-,25+,27-/m1/s1. The van der Waals surface area contributed by atoms with Crippen molar-refractivity contribution in [2.45, 2.75) is 103 Å².